The maximum absolute atomic E-state index is 10.6. The Labute approximate surface area is 129 Å². The molecule has 1 rings (SSSR count). The molecule has 0 saturated carbocycles. The number of thioether (sulfide) groups is 1. The van der Waals surface area contributed by atoms with Crippen molar-refractivity contribution in [1.82, 2.24) is 0 Å². The molecule has 1 atom stereocenters. The summed E-state index contributed by atoms with van der Waals surface area (Å²) in [6.45, 7) is 1.94. The molecule has 1 unspecified atom stereocenters. The Bertz CT molecular complexity index is 510. The van der Waals surface area contributed by atoms with E-state index < -0.39 is 10.7 Å². The summed E-state index contributed by atoms with van der Waals surface area (Å²) in [5, 5.41) is 18.2. The number of carboxylic acids is 1. The number of nitriles is 1. The highest BCUT2D eigenvalue weighted by Crippen LogP contribution is 2.36. The van der Waals surface area contributed by atoms with Crippen LogP contribution in [0.4, 0.5) is 0 Å². The molecule has 106 valence electrons. The van der Waals surface area contributed by atoms with Gasteiger partial charge in [-0.1, -0.05) is 61.2 Å². The molecule has 0 heterocycles. The minimum absolute atomic E-state index is 0.0854. The SMILES string of the molecule is CCC(C#N)(CCCC(=O)O)SC(=S)c1ccccc1. The van der Waals surface area contributed by atoms with Crippen molar-refractivity contribution in [2.24, 2.45) is 0 Å². The first-order chi connectivity index (χ1) is 9.53. The number of aliphatic carboxylic acids is 1. The zero-order chi connectivity index (χ0) is 15.0. The van der Waals surface area contributed by atoms with E-state index in [0.29, 0.717) is 23.5 Å². The topological polar surface area (TPSA) is 61.1 Å². The fraction of sp³-hybridized carbons (Fsp3) is 0.400. The van der Waals surface area contributed by atoms with E-state index in [1.165, 1.54) is 11.8 Å². The zero-order valence-electron chi connectivity index (χ0n) is 11.3. The summed E-state index contributed by atoms with van der Waals surface area (Å²) in [7, 11) is 0. The molecule has 0 aliphatic rings. The van der Waals surface area contributed by atoms with Crippen molar-refractivity contribution in [3.8, 4) is 6.07 Å². The van der Waals surface area contributed by atoms with Crippen LogP contribution in [0.5, 0.6) is 0 Å². The molecule has 0 bridgehead atoms. The second-order valence-corrected chi connectivity index (χ2v) is 6.52. The number of carboxylic acid groups (broad SMARTS) is 1. The van der Waals surface area contributed by atoms with Gasteiger partial charge in [-0.3, -0.25) is 4.79 Å². The van der Waals surface area contributed by atoms with Gasteiger partial charge in [-0.15, -0.1) is 0 Å². The average molecular weight is 307 g/mol. The zero-order valence-corrected chi connectivity index (χ0v) is 13.0. The Balaban J connectivity index is 2.74. The molecule has 0 aliphatic carbocycles. The van der Waals surface area contributed by atoms with Crippen LogP contribution in [-0.4, -0.2) is 20.0 Å². The number of nitrogens with zero attached hydrogens (tertiary/aromatic N) is 1. The van der Waals surface area contributed by atoms with Gasteiger partial charge < -0.3 is 5.11 Å². The molecule has 1 aromatic rings. The maximum atomic E-state index is 10.6. The molecular weight excluding hydrogens is 290 g/mol. The Morgan fingerprint density at radius 2 is 2.10 bits per heavy atom. The smallest absolute Gasteiger partial charge is 0.303 e. The van der Waals surface area contributed by atoms with E-state index in [4.69, 9.17) is 17.3 Å². The van der Waals surface area contributed by atoms with Gasteiger partial charge in [0.15, 0.2) is 0 Å². The molecule has 0 radical (unpaired) electrons. The molecule has 0 fully saturated rings. The van der Waals surface area contributed by atoms with Gasteiger partial charge in [-0.25, -0.2) is 0 Å². The van der Waals surface area contributed by atoms with Crippen LogP contribution < -0.4 is 0 Å². The average Bonchev–Trinajstić information content (AvgIpc) is 2.46. The first kappa shape index (κ1) is 16.7. The summed E-state index contributed by atoms with van der Waals surface area (Å²) in [5.74, 6) is -0.830. The second kappa shape index (κ2) is 8.03. The van der Waals surface area contributed by atoms with Gasteiger partial charge in [0, 0.05) is 6.42 Å². The number of hydrogen-bond donors (Lipinski definition) is 1. The minimum atomic E-state index is -0.830. The highest BCUT2D eigenvalue weighted by molar-refractivity contribution is 8.24. The van der Waals surface area contributed by atoms with Crippen LogP contribution >= 0.6 is 24.0 Å². The van der Waals surface area contributed by atoms with Gasteiger partial charge in [0.25, 0.3) is 0 Å². The van der Waals surface area contributed by atoms with Crippen LogP contribution in [0.2, 0.25) is 0 Å². The van der Waals surface area contributed by atoms with E-state index in [1.54, 1.807) is 0 Å². The van der Waals surface area contributed by atoms with Crippen molar-refractivity contribution in [3.05, 3.63) is 35.9 Å². The summed E-state index contributed by atoms with van der Waals surface area (Å²) in [5.41, 5.74) is 0.929. The van der Waals surface area contributed by atoms with Crippen molar-refractivity contribution in [2.45, 2.75) is 37.4 Å². The molecule has 0 amide bonds. The van der Waals surface area contributed by atoms with E-state index in [2.05, 4.69) is 6.07 Å². The van der Waals surface area contributed by atoms with Gasteiger partial charge >= 0.3 is 5.97 Å². The lowest BCUT2D eigenvalue weighted by Gasteiger charge is -2.24. The van der Waals surface area contributed by atoms with Crippen LogP contribution in [0.15, 0.2) is 30.3 Å². The molecule has 0 spiro atoms. The second-order valence-electron chi connectivity index (χ2n) is 4.46. The van der Waals surface area contributed by atoms with Gasteiger partial charge in [0.2, 0.25) is 0 Å². The Morgan fingerprint density at radius 3 is 2.60 bits per heavy atom. The van der Waals surface area contributed by atoms with Gasteiger partial charge in [-0.2, -0.15) is 5.26 Å². The number of benzene rings is 1. The van der Waals surface area contributed by atoms with Crippen molar-refractivity contribution in [3.63, 3.8) is 0 Å². The fourth-order valence-corrected chi connectivity index (χ4v) is 3.45. The lowest BCUT2D eigenvalue weighted by atomic mass is 10.00. The Morgan fingerprint density at radius 1 is 1.45 bits per heavy atom. The van der Waals surface area contributed by atoms with Crippen LogP contribution in [0.1, 0.15) is 38.2 Å². The third-order valence-corrected chi connectivity index (χ3v) is 4.93. The minimum Gasteiger partial charge on any atom is -0.481 e. The summed E-state index contributed by atoms with van der Waals surface area (Å²) in [6.07, 6.45) is 1.74. The van der Waals surface area contributed by atoms with Gasteiger partial charge in [-0.05, 0) is 24.8 Å². The standard InChI is InChI=1S/C15H17NO2S2/c1-2-15(11-16,10-6-9-13(17)18)20-14(19)12-7-4-3-5-8-12/h3-5,7-8H,2,6,9-10H2,1H3,(H,17,18). The predicted octanol–water partition coefficient (Wildman–Crippen LogP) is 4.02. The fourth-order valence-electron chi connectivity index (χ4n) is 1.79. The lowest BCUT2D eigenvalue weighted by molar-refractivity contribution is -0.137. The number of hydrogen-bond acceptors (Lipinski definition) is 4. The van der Waals surface area contributed by atoms with E-state index in [-0.39, 0.29) is 6.42 Å². The van der Waals surface area contributed by atoms with Crippen LogP contribution in [0.25, 0.3) is 0 Å². The van der Waals surface area contributed by atoms with Crippen molar-refractivity contribution in [1.29, 1.82) is 5.26 Å². The first-order valence-corrected chi connectivity index (χ1v) is 7.67. The van der Waals surface area contributed by atoms with Crippen LogP contribution in [0.3, 0.4) is 0 Å². The quantitative estimate of drug-likeness (QED) is 0.771. The third-order valence-electron chi connectivity index (χ3n) is 3.04. The summed E-state index contributed by atoms with van der Waals surface area (Å²) in [4.78, 5) is 10.6. The number of rotatable bonds is 7. The van der Waals surface area contributed by atoms with E-state index >= 15 is 0 Å². The first-order valence-electron chi connectivity index (χ1n) is 6.44. The van der Waals surface area contributed by atoms with Crippen LogP contribution in [-0.2, 0) is 4.79 Å². The normalized spacial score (nSPS) is 13.2. The predicted molar refractivity (Wildman–Crippen MR) is 85.9 cm³/mol. The van der Waals surface area contributed by atoms with Crippen LogP contribution in [0, 0.1) is 11.3 Å². The van der Waals surface area contributed by atoms with Gasteiger partial charge in [0.05, 0.1) is 10.3 Å². The molecule has 0 aliphatic heterocycles. The Hall–Kier alpha value is -1.38. The van der Waals surface area contributed by atoms with Crippen molar-refractivity contribution < 1.29 is 9.90 Å². The molecule has 1 aromatic carbocycles. The highest BCUT2D eigenvalue weighted by Gasteiger charge is 2.30. The third kappa shape index (κ3) is 4.95. The molecule has 3 nitrogen and oxygen atoms in total. The summed E-state index contributed by atoms with van der Waals surface area (Å²) >= 11 is 6.77. The molecular formula is C15H17NO2S2. The molecule has 0 saturated heterocycles. The molecule has 0 aromatic heterocycles. The number of thiocarbonyl (C=S) groups is 1. The highest BCUT2D eigenvalue weighted by atomic mass is 32.2. The van der Waals surface area contributed by atoms with Gasteiger partial charge in [0.1, 0.15) is 4.75 Å². The molecule has 1 N–H and O–H groups in total. The summed E-state index contributed by atoms with van der Waals surface area (Å²) < 4.78 is 0.0480. The van der Waals surface area contributed by atoms with E-state index in [1.807, 2.05) is 37.3 Å². The van der Waals surface area contributed by atoms with E-state index in [0.717, 1.165) is 5.56 Å². The maximum Gasteiger partial charge on any atom is 0.303 e. The monoisotopic (exact) mass is 307 g/mol. The summed E-state index contributed by atoms with van der Waals surface area (Å²) in [6, 6.07) is 11.9. The number of carbonyl (C=O) groups is 1. The largest absolute Gasteiger partial charge is 0.481 e. The molecule has 20 heavy (non-hydrogen) atoms. The molecule has 5 heteroatoms. The lowest BCUT2D eigenvalue weighted by Crippen LogP contribution is -2.23. The van der Waals surface area contributed by atoms with E-state index in [9.17, 15) is 10.1 Å². The van der Waals surface area contributed by atoms with Crippen molar-refractivity contribution >= 4 is 34.1 Å². The van der Waals surface area contributed by atoms with Crippen molar-refractivity contribution in [2.75, 3.05) is 0 Å². The Kier molecular flexibility index (Phi) is 6.69.